The average molecular weight is 221 g/mol. The van der Waals surface area contributed by atoms with Crippen LogP contribution in [-0.2, 0) is 4.57 Å². The van der Waals surface area contributed by atoms with Crippen LogP contribution in [0.25, 0.3) is 0 Å². The van der Waals surface area contributed by atoms with Crippen LogP contribution in [0.1, 0.15) is 0 Å². The topological polar surface area (TPSA) is 147 Å². The van der Waals surface area contributed by atoms with Gasteiger partial charge in [-0.1, -0.05) is 0 Å². The Morgan fingerprint density at radius 3 is 1.27 bits per heavy atom. The van der Waals surface area contributed by atoms with E-state index in [2.05, 4.69) is 0 Å². The van der Waals surface area contributed by atoms with Crippen molar-refractivity contribution in [3.05, 3.63) is 15.3 Å². The summed E-state index contributed by atoms with van der Waals surface area (Å²) in [5.41, 5.74) is 0. The summed E-state index contributed by atoms with van der Waals surface area (Å²) in [4.78, 5) is 31.2. The third-order valence-electron chi connectivity index (χ3n) is 0. The molecule has 56 valence electrons. The summed E-state index contributed by atoms with van der Waals surface area (Å²) < 4.78 is 8.77. The van der Waals surface area contributed by atoms with E-state index in [1.54, 1.807) is 0 Å². The number of hydrogen-bond acceptors (Lipinski definition) is 5. The Bertz CT molecular complexity index is 118. The monoisotopic (exact) mass is 221 g/mol. The van der Waals surface area contributed by atoms with Crippen molar-refractivity contribution >= 4 is 7.82 Å². The molecule has 0 rings (SSSR count). The molecule has 0 aliphatic heterocycles. The quantitative estimate of drug-likeness (QED) is 0.178. The van der Waals surface area contributed by atoms with Crippen molar-refractivity contribution in [1.29, 1.82) is 0 Å². The van der Waals surface area contributed by atoms with Crippen LogP contribution in [0.2, 0.25) is 0 Å². The molecule has 2 N–H and O–H groups in total. The van der Waals surface area contributed by atoms with Gasteiger partial charge in [-0.25, -0.2) is 0 Å². The fraction of sp³-hybridized carbons (Fsp3) is 0. The van der Waals surface area contributed by atoms with Gasteiger partial charge in [0, 0.05) is 0 Å². The number of nitrogens with zero attached hydrogens (tertiary/aromatic N) is 1. The number of hydrogen-bond donors (Lipinski definition) is 2. The number of rotatable bonds is 0. The Morgan fingerprint density at radius 1 is 1.27 bits per heavy atom. The smallest absolute Gasteiger partial charge is 0.756 e. The first kappa shape index (κ1) is 23.1. The second-order valence-electron chi connectivity index (χ2n) is 0.714. The maximum Gasteiger partial charge on any atom is 1.00 e. The van der Waals surface area contributed by atoms with E-state index >= 15 is 0 Å². The van der Waals surface area contributed by atoms with Gasteiger partial charge < -0.3 is 30.0 Å². The second kappa shape index (κ2) is 11.9. The molecular formula is H2KNNaO7P. The molecule has 8 nitrogen and oxygen atoms in total. The Kier molecular flexibility index (Phi) is 25.1. The third kappa shape index (κ3) is 312. The van der Waals surface area contributed by atoms with E-state index in [9.17, 15) is 0 Å². The first-order chi connectivity index (χ1) is 3.73. The molecule has 0 amide bonds. The molecular weight excluding hydrogens is 219 g/mol. The molecule has 0 fully saturated rings. The normalized spacial score (nSPS) is 7.55. The van der Waals surface area contributed by atoms with E-state index in [1.807, 2.05) is 0 Å². The van der Waals surface area contributed by atoms with Crippen LogP contribution in [0.5, 0.6) is 0 Å². The largest absolute Gasteiger partial charge is 1.00 e. The van der Waals surface area contributed by atoms with Crippen molar-refractivity contribution in [2.24, 2.45) is 0 Å². The van der Waals surface area contributed by atoms with Crippen molar-refractivity contribution < 1.29 is 105 Å². The molecule has 0 atom stereocenters. The molecule has 0 spiro atoms. The van der Waals surface area contributed by atoms with Gasteiger partial charge in [-0.3, -0.25) is 4.57 Å². The molecule has 0 radical (unpaired) electrons. The molecule has 0 heterocycles. The number of phosphoric acid groups is 1. The van der Waals surface area contributed by atoms with Gasteiger partial charge in [0.1, 0.15) is 0 Å². The first-order valence-electron chi connectivity index (χ1n) is 1.31. The summed E-state index contributed by atoms with van der Waals surface area (Å²) in [6.45, 7) is 0. The molecule has 11 heavy (non-hydrogen) atoms. The van der Waals surface area contributed by atoms with Crippen LogP contribution in [0.15, 0.2) is 0 Å². The summed E-state index contributed by atoms with van der Waals surface area (Å²) in [5.74, 6) is 0. The predicted octanol–water partition coefficient (Wildman–Crippen LogP) is -7.79. The summed E-state index contributed by atoms with van der Waals surface area (Å²) in [6.07, 6.45) is 0. The zero-order valence-electron chi connectivity index (χ0n) is 5.83. The minimum Gasteiger partial charge on any atom is -0.756 e. The third-order valence-corrected chi connectivity index (χ3v) is 0. The van der Waals surface area contributed by atoms with E-state index in [-0.39, 0.29) is 80.9 Å². The van der Waals surface area contributed by atoms with E-state index in [1.165, 1.54) is 0 Å². The molecule has 0 aromatic rings. The predicted molar refractivity (Wildman–Crippen MR) is 22.4 cm³/mol. The summed E-state index contributed by atoms with van der Waals surface area (Å²) in [7, 11) is -4.89. The van der Waals surface area contributed by atoms with Crippen molar-refractivity contribution in [3.8, 4) is 0 Å². The van der Waals surface area contributed by atoms with Gasteiger partial charge in [-0.05, 0) is 0 Å². The Balaban J connectivity index is -0.0000000383. The van der Waals surface area contributed by atoms with Crippen molar-refractivity contribution in [3.63, 3.8) is 0 Å². The maximum atomic E-state index is 8.77. The summed E-state index contributed by atoms with van der Waals surface area (Å²) >= 11 is 0. The van der Waals surface area contributed by atoms with E-state index in [0.717, 1.165) is 0 Å². The van der Waals surface area contributed by atoms with Gasteiger partial charge in [0.05, 0.1) is 5.09 Å². The van der Waals surface area contributed by atoms with Crippen molar-refractivity contribution in [2.45, 2.75) is 0 Å². The van der Waals surface area contributed by atoms with Crippen LogP contribution in [0.3, 0.4) is 0 Å². The van der Waals surface area contributed by atoms with Crippen LogP contribution in [0, 0.1) is 15.3 Å². The van der Waals surface area contributed by atoms with Gasteiger partial charge in [0.2, 0.25) is 0 Å². The molecule has 0 saturated carbocycles. The standard InChI is InChI=1S/K.NO3.Na.H3O4P/c;2-1(3)4;;1-5(2,3)4/h;;;(H3,1,2,3,4)/q+1;-1;+1;/p-1. The van der Waals surface area contributed by atoms with Crippen molar-refractivity contribution in [1.82, 2.24) is 0 Å². The fourth-order valence-electron chi connectivity index (χ4n) is 0. The Morgan fingerprint density at radius 2 is 1.27 bits per heavy atom. The van der Waals surface area contributed by atoms with Crippen molar-refractivity contribution in [2.75, 3.05) is 0 Å². The Labute approximate surface area is 126 Å². The zero-order chi connectivity index (χ0) is 8.08. The fourth-order valence-corrected chi connectivity index (χ4v) is 0. The van der Waals surface area contributed by atoms with Gasteiger partial charge in [0.15, 0.2) is 0 Å². The molecule has 0 aromatic heterocycles. The second-order valence-corrected chi connectivity index (χ2v) is 1.70. The summed E-state index contributed by atoms with van der Waals surface area (Å²) in [6, 6.07) is 0. The van der Waals surface area contributed by atoms with Gasteiger partial charge in [-0.2, -0.15) is 0 Å². The van der Waals surface area contributed by atoms with E-state index in [4.69, 9.17) is 34.6 Å². The van der Waals surface area contributed by atoms with Crippen LogP contribution < -0.4 is 85.8 Å². The van der Waals surface area contributed by atoms with Crippen LogP contribution >= 0.6 is 7.82 Å². The first-order valence-corrected chi connectivity index (χ1v) is 2.84. The van der Waals surface area contributed by atoms with Gasteiger partial charge >= 0.3 is 80.9 Å². The maximum absolute atomic E-state index is 8.77. The van der Waals surface area contributed by atoms with E-state index < -0.39 is 12.9 Å². The molecule has 0 aliphatic carbocycles. The molecule has 0 aliphatic rings. The summed E-state index contributed by atoms with van der Waals surface area (Å²) in [5, 5.41) is 14.8. The van der Waals surface area contributed by atoms with E-state index in [0.29, 0.717) is 0 Å². The average Bonchev–Trinajstić information content (AvgIpc) is 1.19. The van der Waals surface area contributed by atoms with Gasteiger partial charge in [0.25, 0.3) is 7.82 Å². The van der Waals surface area contributed by atoms with Crippen LogP contribution in [-0.4, -0.2) is 14.9 Å². The zero-order valence-corrected chi connectivity index (χ0v) is 11.8. The SMILES string of the molecule is O=P([O-])(O)O.O=[N+]([O-])[O-].[K+].[Na+]. The molecule has 0 aromatic carbocycles. The van der Waals surface area contributed by atoms with Gasteiger partial charge in [-0.15, -0.1) is 0 Å². The molecule has 0 unspecified atom stereocenters. The Hall–Kier alpha value is 1.95. The molecule has 11 heteroatoms. The molecule has 0 bridgehead atoms. The minimum atomic E-state index is -4.89. The van der Waals surface area contributed by atoms with Crippen LogP contribution in [0.4, 0.5) is 0 Å². The molecule has 0 saturated heterocycles. The minimum absolute atomic E-state index is 0.